The first kappa shape index (κ1) is 82.5. The van der Waals surface area contributed by atoms with E-state index in [0.29, 0.717) is 23.9 Å². The smallest absolute Gasteiger partial charge is 0.268 e. The van der Waals surface area contributed by atoms with Crippen molar-refractivity contribution in [2.45, 2.75) is 431 Å². The summed E-state index contributed by atoms with van der Waals surface area (Å²) in [7, 11) is 1.33. The maximum absolute atomic E-state index is 13.1. The Bertz CT molecular complexity index is 1310. The molecule has 8 nitrogen and oxygen atoms in total. The van der Waals surface area contributed by atoms with Crippen LogP contribution in [0.15, 0.2) is 0 Å². The minimum absolute atomic E-state index is 0.0171. The third kappa shape index (κ3) is 68.8. The van der Waals surface area contributed by atoms with Crippen molar-refractivity contribution in [2.24, 2.45) is 0 Å². The Balaban J connectivity index is 3.93. The molecule has 0 saturated heterocycles. The Kier molecular flexibility index (Phi) is 65.5. The quantitative estimate of drug-likeness (QED) is 0.0357. The normalized spacial score (nSPS) is 13.5. The Labute approximate surface area is 520 Å². The van der Waals surface area contributed by atoms with Gasteiger partial charge >= 0.3 is 0 Å². The van der Waals surface area contributed by atoms with Crippen LogP contribution in [0.2, 0.25) is 0 Å². The van der Waals surface area contributed by atoms with Crippen LogP contribution in [0.25, 0.3) is 0 Å². The van der Waals surface area contributed by atoms with Crippen LogP contribution < -0.4 is 10.2 Å². The average Bonchev–Trinajstić information content (AvgIpc) is 3.49. The van der Waals surface area contributed by atoms with Crippen LogP contribution in [0.4, 0.5) is 0 Å². The van der Waals surface area contributed by atoms with Gasteiger partial charge in [-0.15, -0.1) is 0 Å². The predicted molar refractivity (Wildman–Crippen MR) is 363 cm³/mol. The number of nitrogens with zero attached hydrogens (tertiary/aromatic N) is 1. The molecule has 0 aromatic carbocycles. The Morgan fingerprint density at radius 1 is 0.373 bits per heavy atom. The largest absolute Gasteiger partial charge is 0.756 e. The first-order valence-corrected chi connectivity index (χ1v) is 39.3. The molecule has 0 aromatic heterocycles. The topological polar surface area (TPSA) is 108 Å². The van der Waals surface area contributed by atoms with E-state index in [9.17, 15) is 19.4 Å². The van der Waals surface area contributed by atoms with Crippen LogP contribution in [0.3, 0.4) is 0 Å². The lowest BCUT2D eigenvalue weighted by molar-refractivity contribution is -0.870. The average molecular weight is 1200 g/mol. The van der Waals surface area contributed by atoms with Gasteiger partial charge < -0.3 is 28.8 Å². The first-order valence-electron chi connectivity index (χ1n) is 37.9. The number of likely N-dealkylation sites (N-methyl/N-ethyl adjacent to an activating group) is 1. The van der Waals surface area contributed by atoms with Gasteiger partial charge in [-0.05, 0) is 12.8 Å². The summed E-state index contributed by atoms with van der Waals surface area (Å²) in [5.74, 6) is -0.152. The fourth-order valence-corrected chi connectivity index (χ4v) is 12.9. The lowest BCUT2D eigenvalue weighted by Crippen LogP contribution is -2.46. The number of amides is 1. The zero-order valence-corrected chi connectivity index (χ0v) is 58.1. The van der Waals surface area contributed by atoms with E-state index in [2.05, 4.69) is 19.2 Å². The van der Waals surface area contributed by atoms with Crippen LogP contribution in [-0.2, 0) is 18.4 Å². The SMILES string of the molecule is CCCCCCCCCCCCCCCCCCCCCCCCCCCCCCCCCCCC(=O)NC(COP(=O)([O-])OCC[N+](C)(C)C)C(O)CCCCCCCCCCCCCCCCCCCCCCCCCCCCCC. The molecule has 0 fully saturated rings. The molecule has 0 aliphatic heterocycles. The van der Waals surface area contributed by atoms with E-state index >= 15 is 0 Å². The number of aliphatic hydroxyl groups excluding tert-OH is 1. The minimum Gasteiger partial charge on any atom is -0.756 e. The standard InChI is InChI=1S/C74H151N2O6P/c1-6-8-10-12-14-16-18-20-22-24-26-28-30-32-34-36-37-38-39-40-42-44-46-48-50-52-54-56-58-60-62-64-66-68-74(78)75-72(71-82-83(79,80)81-70-69-76(3,4)5)73(77)67-65-63-61-59-57-55-53-51-49-47-45-43-41-35-33-31-29-27-25-23-21-19-17-15-13-11-9-7-2/h72-73,77H,6-71H2,1-5H3,(H-,75,78,79,80). The van der Waals surface area contributed by atoms with Crippen molar-refractivity contribution in [3.8, 4) is 0 Å². The van der Waals surface area contributed by atoms with Crippen LogP contribution >= 0.6 is 7.82 Å². The fraction of sp³-hybridized carbons (Fsp3) is 0.986. The number of unbranched alkanes of at least 4 members (excludes halogenated alkanes) is 59. The molecule has 0 heterocycles. The number of hydrogen-bond acceptors (Lipinski definition) is 6. The second-order valence-corrected chi connectivity index (χ2v) is 29.1. The number of aliphatic hydroxyl groups is 1. The van der Waals surface area contributed by atoms with Gasteiger partial charge in [0.25, 0.3) is 7.82 Å². The van der Waals surface area contributed by atoms with Gasteiger partial charge in [0.05, 0.1) is 39.9 Å². The number of carbonyl (C=O) groups excluding carboxylic acids is 1. The van der Waals surface area contributed by atoms with E-state index in [1.54, 1.807) is 0 Å². The molecule has 2 N–H and O–H groups in total. The number of phosphoric ester groups is 1. The summed E-state index contributed by atoms with van der Waals surface area (Å²) in [6, 6.07) is -0.797. The van der Waals surface area contributed by atoms with Crippen molar-refractivity contribution in [3.63, 3.8) is 0 Å². The fourth-order valence-electron chi connectivity index (χ4n) is 12.2. The second kappa shape index (κ2) is 65.9. The van der Waals surface area contributed by atoms with Gasteiger partial charge in [-0.25, -0.2) is 0 Å². The molecule has 498 valence electrons. The molecule has 0 bridgehead atoms. The highest BCUT2D eigenvalue weighted by molar-refractivity contribution is 7.45. The van der Waals surface area contributed by atoms with Crippen LogP contribution in [0, 0.1) is 0 Å². The lowest BCUT2D eigenvalue weighted by Gasteiger charge is -2.30. The molecule has 9 heteroatoms. The van der Waals surface area contributed by atoms with Crippen LogP contribution in [0.1, 0.15) is 418 Å². The van der Waals surface area contributed by atoms with E-state index in [-0.39, 0.29) is 19.1 Å². The van der Waals surface area contributed by atoms with Crippen molar-refractivity contribution < 1.29 is 32.9 Å². The molecule has 0 aromatic rings. The van der Waals surface area contributed by atoms with Gasteiger partial charge in [-0.3, -0.25) is 9.36 Å². The van der Waals surface area contributed by atoms with Crippen molar-refractivity contribution in [1.82, 2.24) is 5.32 Å². The third-order valence-corrected chi connectivity index (χ3v) is 19.1. The van der Waals surface area contributed by atoms with Gasteiger partial charge in [0, 0.05) is 6.42 Å². The van der Waals surface area contributed by atoms with Gasteiger partial charge in [0.1, 0.15) is 13.2 Å². The second-order valence-electron chi connectivity index (χ2n) is 27.7. The molecule has 83 heavy (non-hydrogen) atoms. The molecule has 1 amide bonds. The summed E-state index contributed by atoms with van der Waals surface area (Å²) in [6.45, 7) is 4.81. The number of carbonyl (C=O) groups is 1. The van der Waals surface area contributed by atoms with E-state index in [4.69, 9.17) is 9.05 Å². The highest BCUT2D eigenvalue weighted by Crippen LogP contribution is 2.38. The van der Waals surface area contributed by atoms with Crippen LogP contribution in [-0.4, -0.2) is 68.5 Å². The van der Waals surface area contributed by atoms with E-state index in [1.807, 2.05) is 21.1 Å². The highest BCUT2D eigenvalue weighted by Gasteiger charge is 2.24. The van der Waals surface area contributed by atoms with Gasteiger partial charge in [-0.1, -0.05) is 399 Å². The first-order chi connectivity index (χ1) is 40.5. The van der Waals surface area contributed by atoms with Crippen molar-refractivity contribution in [2.75, 3.05) is 40.9 Å². The number of rotatable bonds is 72. The van der Waals surface area contributed by atoms with Gasteiger partial charge in [0.2, 0.25) is 5.91 Å². The molecule has 3 unspecified atom stereocenters. The Morgan fingerprint density at radius 3 is 0.819 bits per heavy atom. The monoisotopic (exact) mass is 1200 g/mol. The van der Waals surface area contributed by atoms with Gasteiger partial charge in [0.15, 0.2) is 0 Å². The summed E-state index contributed by atoms with van der Waals surface area (Å²) in [5, 5.41) is 14.1. The number of hydrogen-bond donors (Lipinski definition) is 2. The summed E-state index contributed by atoms with van der Waals surface area (Å²) in [6.07, 6.45) is 83.5. The summed E-state index contributed by atoms with van der Waals surface area (Å²) < 4.78 is 23.6. The Hall–Kier alpha value is -0.500. The molecular formula is C74H151N2O6P. The van der Waals surface area contributed by atoms with E-state index in [1.165, 1.54) is 353 Å². The zero-order chi connectivity index (χ0) is 60.5. The molecule has 0 spiro atoms. The van der Waals surface area contributed by atoms with Crippen molar-refractivity contribution >= 4 is 13.7 Å². The molecule has 0 saturated carbocycles. The molecule has 0 rings (SSSR count). The molecular weight excluding hydrogens is 1040 g/mol. The van der Waals surface area contributed by atoms with Gasteiger partial charge in [-0.2, -0.15) is 0 Å². The maximum atomic E-state index is 13.1. The predicted octanol–water partition coefficient (Wildman–Crippen LogP) is 23.7. The summed E-state index contributed by atoms with van der Waals surface area (Å²) >= 11 is 0. The molecule has 0 aliphatic rings. The lowest BCUT2D eigenvalue weighted by atomic mass is 10.0. The molecule has 3 atom stereocenters. The zero-order valence-electron chi connectivity index (χ0n) is 57.2. The number of phosphoric acid groups is 1. The molecule has 0 aliphatic carbocycles. The van der Waals surface area contributed by atoms with Crippen LogP contribution in [0.5, 0.6) is 0 Å². The highest BCUT2D eigenvalue weighted by atomic mass is 31.2. The summed E-state index contributed by atoms with van der Waals surface area (Å²) in [5.41, 5.74) is 0. The minimum atomic E-state index is -4.58. The maximum Gasteiger partial charge on any atom is 0.268 e. The third-order valence-electron chi connectivity index (χ3n) is 18.1. The summed E-state index contributed by atoms with van der Waals surface area (Å²) in [4.78, 5) is 25.7. The van der Waals surface area contributed by atoms with Crippen molar-refractivity contribution in [1.29, 1.82) is 0 Å². The number of quaternary nitrogens is 1. The van der Waals surface area contributed by atoms with Crippen molar-refractivity contribution in [3.05, 3.63) is 0 Å². The number of nitrogens with one attached hydrogen (secondary N) is 1. The van der Waals surface area contributed by atoms with E-state index in [0.717, 1.165) is 38.5 Å². The van der Waals surface area contributed by atoms with E-state index < -0.39 is 20.0 Å². The molecule has 0 radical (unpaired) electrons. The Morgan fingerprint density at radius 2 is 0.590 bits per heavy atom.